The lowest BCUT2D eigenvalue weighted by molar-refractivity contribution is 0.529. The van der Waals surface area contributed by atoms with Crippen molar-refractivity contribution in [3.8, 4) is 0 Å². The van der Waals surface area contributed by atoms with E-state index in [-0.39, 0.29) is 11.3 Å². The van der Waals surface area contributed by atoms with E-state index in [1.165, 1.54) is 0 Å². The van der Waals surface area contributed by atoms with Crippen molar-refractivity contribution in [1.29, 1.82) is 0 Å². The fourth-order valence-corrected chi connectivity index (χ4v) is 3.49. The standard InChI is InChI=1S/C12H18ClNOS/c1-4-12(14-3)9(2)16(15)11-7-5-6-10(13)8-11/h5-9,12,14H,4H2,1-3H3. The Hall–Kier alpha value is -0.380. The van der Waals surface area contributed by atoms with Crippen LogP contribution in [0.2, 0.25) is 5.02 Å². The molecule has 1 rings (SSSR count). The molecule has 0 saturated carbocycles. The molecule has 0 aliphatic carbocycles. The summed E-state index contributed by atoms with van der Waals surface area (Å²) in [5.41, 5.74) is 0. The number of benzene rings is 1. The Morgan fingerprint density at radius 1 is 1.50 bits per heavy atom. The van der Waals surface area contributed by atoms with Gasteiger partial charge in [-0.2, -0.15) is 0 Å². The SMILES string of the molecule is CCC(NC)C(C)S(=O)c1cccc(Cl)c1. The Kier molecular flexibility index (Phi) is 5.46. The van der Waals surface area contributed by atoms with Crippen molar-refractivity contribution in [1.82, 2.24) is 5.32 Å². The summed E-state index contributed by atoms with van der Waals surface area (Å²) in [5, 5.41) is 3.90. The molecule has 3 atom stereocenters. The van der Waals surface area contributed by atoms with Crippen molar-refractivity contribution < 1.29 is 4.21 Å². The van der Waals surface area contributed by atoms with E-state index >= 15 is 0 Å². The summed E-state index contributed by atoms with van der Waals surface area (Å²) < 4.78 is 12.3. The first-order valence-electron chi connectivity index (χ1n) is 5.43. The van der Waals surface area contributed by atoms with E-state index in [4.69, 9.17) is 11.6 Å². The van der Waals surface area contributed by atoms with E-state index in [2.05, 4.69) is 12.2 Å². The first-order valence-corrected chi connectivity index (χ1v) is 7.02. The van der Waals surface area contributed by atoms with E-state index in [1.807, 2.05) is 26.1 Å². The lowest BCUT2D eigenvalue weighted by Crippen LogP contribution is -2.37. The fourth-order valence-electron chi connectivity index (χ4n) is 1.73. The highest BCUT2D eigenvalue weighted by atomic mass is 35.5. The maximum Gasteiger partial charge on any atom is 0.0574 e. The molecule has 0 bridgehead atoms. The Labute approximate surface area is 105 Å². The molecule has 90 valence electrons. The second-order valence-electron chi connectivity index (χ2n) is 3.76. The Morgan fingerprint density at radius 3 is 2.69 bits per heavy atom. The van der Waals surface area contributed by atoms with E-state index in [0.29, 0.717) is 5.02 Å². The van der Waals surface area contributed by atoms with Gasteiger partial charge in [-0.05, 0) is 38.6 Å². The zero-order chi connectivity index (χ0) is 12.1. The van der Waals surface area contributed by atoms with Crippen LogP contribution < -0.4 is 5.32 Å². The van der Waals surface area contributed by atoms with Gasteiger partial charge in [-0.3, -0.25) is 4.21 Å². The van der Waals surface area contributed by atoms with Gasteiger partial charge in [0, 0.05) is 16.0 Å². The Bertz CT molecular complexity index is 366. The lowest BCUT2D eigenvalue weighted by atomic mass is 10.2. The van der Waals surface area contributed by atoms with Gasteiger partial charge in [0.05, 0.1) is 16.0 Å². The van der Waals surface area contributed by atoms with Crippen LogP contribution in [0.3, 0.4) is 0 Å². The fraction of sp³-hybridized carbons (Fsp3) is 0.500. The van der Waals surface area contributed by atoms with Crippen LogP contribution in [0.15, 0.2) is 29.2 Å². The van der Waals surface area contributed by atoms with E-state index in [9.17, 15) is 4.21 Å². The van der Waals surface area contributed by atoms with Gasteiger partial charge in [-0.1, -0.05) is 24.6 Å². The van der Waals surface area contributed by atoms with Crippen LogP contribution in [0.25, 0.3) is 0 Å². The lowest BCUT2D eigenvalue weighted by Gasteiger charge is -2.21. The van der Waals surface area contributed by atoms with Crippen molar-refractivity contribution in [3.63, 3.8) is 0 Å². The molecule has 1 aromatic carbocycles. The van der Waals surface area contributed by atoms with Crippen molar-refractivity contribution in [3.05, 3.63) is 29.3 Å². The van der Waals surface area contributed by atoms with Gasteiger partial charge in [0.15, 0.2) is 0 Å². The van der Waals surface area contributed by atoms with Gasteiger partial charge >= 0.3 is 0 Å². The average molecular weight is 260 g/mol. The van der Waals surface area contributed by atoms with E-state index in [1.54, 1.807) is 12.1 Å². The number of nitrogens with one attached hydrogen (secondary N) is 1. The van der Waals surface area contributed by atoms with Crippen LogP contribution in [0, 0.1) is 0 Å². The topological polar surface area (TPSA) is 29.1 Å². The monoisotopic (exact) mass is 259 g/mol. The highest BCUT2D eigenvalue weighted by Gasteiger charge is 2.21. The van der Waals surface area contributed by atoms with Crippen molar-refractivity contribution >= 4 is 22.4 Å². The van der Waals surface area contributed by atoms with Gasteiger partial charge in [0.2, 0.25) is 0 Å². The molecular formula is C12H18ClNOS. The number of hydrogen-bond acceptors (Lipinski definition) is 2. The van der Waals surface area contributed by atoms with Crippen LogP contribution in [-0.2, 0) is 10.8 Å². The third kappa shape index (κ3) is 3.30. The van der Waals surface area contributed by atoms with E-state index in [0.717, 1.165) is 11.3 Å². The molecule has 1 N–H and O–H groups in total. The molecule has 3 unspecified atom stereocenters. The molecule has 0 aromatic heterocycles. The van der Waals surface area contributed by atoms with Gasteiger partial charge in [0.1, 0.15) is 0 Å². The smallest absolute Gasteiger partial charge is 0.0574 e. The highest BCUT2D eigenvalue weighted by molar-refractivity contribution is 7.85. The molecule has 2 nitrogen and oxygen atoms in total. The van der Waals surface area contributed by atoms with Crippen LogP contribution >= 0.6 is 11.6 Å². The molecule has 0 saturated heterocycles. The zero-order valence-electron chi connectivity index (χ0n) is 9.87. The molecule has 1 aromatic rings. The van der Waals surface area contributed by atoms with Crippen molar-refractivity contribution in [2.24, 2.45) is 0 Å². The van der Waals surface area contributed by atoms with Gasteiger partial charge in [-0.25, -0.2) is 0 Å². The summed E-state index contributed by atoms with van der Waals surface area (Å²) in [4.78, 5) is 0.800. The number of halogens is 1. The second-order valence-corrected chi connectivity index (χ2v) is 6.01. The second kappa shape index (κ2) is 6.38. The molecule has 0 spiro atoms. The Morgan fingerprint density at radius 2 is 2.19 bits per heavy atom. The minimum Gasteiger partial charge on any atom is -0.316 e. The molecule has 0 heterocycles. The summed E-state index contributed by atoms with van der Waals surface area (Å²) >= 11 is 5.89. The van der Waals surface area contributed by atoms with Crippen LogP contribution in [0.1, 0.15) is 20.3 Å². The highest BCUT2D eigenvalue weighted by Crippen LogP contribution is 2.18. The van der Waals surface area contributed by atoms with Gasteiger partial charge < -0.3 is 5.32 Å². The molecule has 0 radical (unpaired) electrons. The molecule has 4 heteroatoms. The summed E-state index contributed by atoms with van der Waals surface area (Å²) in [5.74, 6) is 0. The van der Waals surface area contributed by atoms with Crippen molar-refractivity contribution in [2.45, 2.75) is 36.5 Å². The number of hydrogen-bond donors (Lipinski definition) is 1. The minimum absolute atomic E-state index is 0.0773. The molecule has 0 aliphatic heterocycles. The van der Waals surface area contributed by atoms with Crippen LogP contribution in [-0.4, -0.2) is 22.5 Å². The summed E-state index contributed by atoms with van der Waals surface area (Å²) in [6.45, 7) is 4.09. The predicted octanol–water partition coefficient (Wildman–Crippen LogP) is 2.83. The molecule has 0 amide bonds. The summed E-state index contributed by atoms with van der Waals surface area (Å²) in [6, 6.07) is 7.53. The van der Waals surface area contributed by atoms with Crippen molar-refractivity contribution in [2.75, 3.05) is 7.05 Å². The van der Waals surface area contributed by atoms with Crippen LogP contribution in [0.4, 0.5) is 0 Å². The quantitative estimate of drug-likeness (QED) is 0.881. The minimum atomic E-state index is -1.02. The first kappa shape index (κ1) is 13.7. The molecule has 16 heavy (non-hydrogen) atoms. The average Bonchev–Trinajstić information content (AvgIpc) is 2.29. The largest absolute Gasteiger partial charge is 0.316 e. The maximum absolute atomic E-state index is 12.3. The van der Waals surface area contributed by atoms with Crippen LogP contribution in [0.5, 0.6) is 0 Å². The normalized spacial score (nSPS) is 16.8. The predicted molar refractivity (Wildman–Crippen MR) is 70.5 cm³/mol. The van der Waals surface area contributed by atoms with Gasteiger partial charge in [-0.15, -0.1) is 0 Å². The molecule has 0 fully saturated rings. The third-order valence-corrected chi connectivity index (χ3v) is 4.70. The first-order chi connectivity index (χ1) is 7.60. The zero-order valence-corrected chi connectivity index (χ0v) is 11.4. The molecular weight excluding hydrogens is 242 g/mol. The summed E-state index contributed by atoms with van der Waals surface area (Å²) in [7, 11) is 0.887. The Balaban J connectivity index is 2.85. The molecule has 0 aliphatic rings. The third-order valence-electron chi connectivity index (χ3n) is 2.74. The van der Waals surface area contributed by atoms with Gasteiger partial charge in [0.25, 0.3) is 0 Å². The maximum atomic E-state index is 12.3. The van der Waals surface area contributed by atoms with E-state index < -0.39 is 10.8 Å². The number of rotatable bonds is 5. The summed E-state index contributed by atoms with van der Waals surface area (Å²) in [6.07, 6.45) is 0.962.